The van der Waals surface area contributed by atoms with E-state index in [1.165, 1.54) is 24.3 Å². The average molecular weight is 701 g/mol. The minimum Gasteiger partial charge on any atom is -0.421 e. The van der Waals surface area contributed by atoms with Crippen LogP contribution in [0.3, 0.4) is 0 Å². The van der Waals surface area contributed by atoms with E-state index in [4.69, 9.17) is 21.1 Å². The minimum absolute atomic E-state index is 0.00166. The van der Waals surface area contributed by atoms with E-state index >= 15 is 0 Å². The lowest BCUT2D eigenvalue weighted by molar-refractivity contribution is -0.384. The fourth-order valence-corrected chi connectivity index (χ4v) is 5.19. The van der Waals surface area contributed by atoms with Crippen molar-refractivity contribution >= 4 is 86.4 Å². The number of aliphatic imine (C=N–C) groups is 1. The van der Waals surface area contributed by atoms with Crippen molar-refractivity contribution in [2.75, 3.05) is 0 Å². The van der Waals surface area contributed by atoms with Crippen LogP contribution in [0.25, 0.3) is 6.08 Å². The molecule has 0 spiro atoms. The number of rotatable bonds is 5. The Morgan fingerprint density at radius 2 is 1.76 bits per heavy atom. The topological polar surface area (TPSA) is 108 Å². The van der Waals surface area contributed by atoms with Gasteiger partial charge in [0.05, 0.1) is 28.2 Å². The van der Waals surface area contributed by atoms with Gasteiger partial charge in [-0.25, -0.2) is 14.6 Å². The van der Waals surface area contributed by atoms with Crippen molar-refractivity contribution in [1.82, 2.24) is 0 Å². The lowest BCUT2D eigenvalue weighted by atomic mass is 10.2. The molecule has 0 saturated heterocycles. The van der Waals surface area contributed by atoms with Crippen molar-refractivity contribution in [2.24, 2.45) is 4.99 Å². The standard InChI is InChI=1S/C23H11ClI2N2O6/c24-16-7-6-14(28(31)32)11-15(16)21-27-19(23(30)34-21)10-12-8-17(25)20(18(26)9-12)33-22(29)13-4-2-1-3-5-13/h1-11H/b19-10-. The number of benzene rings is 3. The lowest BCUT2D eigenvalue weighted by Crippen LogP contribution is -2.10. The largest absolute Gasteiger partial charge is 0.421 e. The highest BCUT2D eigenvalue weighted by atomic mass is 127. The molecule has 1 aliphatic heterocycles. The Morgan fingerprint density at radius 3 is 2.41 bits per heavy atom. The zero-order valence-electron chi connectivity index (χ0n) is 16.8. The number of cyclic esters (lactones) is 1. The van der Waals surface area contributed by atoms with Crippen LogP contribution < -0.4 is 4.74 Å². The predicted molar refractivity (Wildman–Crippen MR) is 142 cm³/mol. The first kappa shape index (κ1) is 24.3. The van der Waals surface area contributed by atoms with Crippen molar-refractivity contribution in [3.8, 4) is 5.75 Å². The number of esters is 2. The number of nitro benzene ring substituents is 1. The van der Waals surface area contributed by atoms with Crippen LogP contribution in [0.4, 0.5) is 5.69 Å². The van der Waals surface area contributed by atoms with Crippen LogP contribution in [-0.4, -0.2) is 22.8 Å². The van der Waals surface area contributed by atoms with Gasteiger partial charge in [0.15, 0.2) is 11.4 Å². The maximum atomic E-state index is 12.4. The first-order valence-electron chi connectivity index (χ1n) is 9.46. The molecule has 0 amide bonds. The Bertz CT molecular complexity index is 1380. The molecule has 11 heteroatoms. The monoisotopic (exact) mass is 700 g/mol. The van der Waals surface area contributed by atoms with Crippen molar-refractivity contribution in [3.05, 3.63) is 105 Å². The third-order valence-corrected chi connectivity index (χ3v) is 6.47. The number of non-ortho nitro benzene ring substituents is 1. The van der Waals surface area contributed by atoms with Crippen LogP contribution in [0.1, 0.15) is 21.5 Å². The molecule has 0 aliphatic carbocycles. The number of nitro groups is 1. The highest BCUT2D eigenvalue weighted by Gasteiger charge is 2.27. The summed E-state index contributed by atoms with van der Waals surface area (Å²) in [5.41, 5.74) is 0.976. The SMILES string of the molecule is O=C1OC(c2cc([N+](=O)[O-])ccc2Cl)=N/C1=C\c1cc(I)c(OC(=O)c2ccccc2)c(I)c1. The molecule has 0 unspecified atom stereocenters. The molecule has 1 heterocycles. The van der Waals surface area contributed by atoms with Gasteiger partial charge in [-0.1, -0.05) is 29.8 Å². The quantitative estimate of drug-likeness (QED) is 0.0805. The van der Waals surface area contributed by atoms with Gasteiger partial charge in [-0.2, -0.15) is 0 Å². The number of hydrogen-bond donors (Lipinski definition) is 0. The van der Waals surface area contributed by atoms with E-state index < -0.39 is 16.9 Å². The smallest absolute Gasteiger partial charge is 0.363 e. The molecule has 8 nitrogen and oxygen atoms in total. The number of hydrogen-bond acceptors (Lipinski definition) is 7. The van der Waals surface area contributed by atoms with Crippen LogP contribution in [0.5, 0.6) is 5.75 Å². The molecule has 0 fully saturated rings. The molecule has 4 rings (SSSR count). The van der Waals surface area contributed by atoms with Crippen LogP contribution in [0.2, 0.25) is 5.02 Å². The number of ether oxygens (including phenoxy) is 2. The number of carbonyl (C=O) groups is 2. The highest BCUT2D eigenvalue weighted by molar-refractivity contribution is 14.1. The summed E-state index contributed by atoms with van der Waals surface area (Å²) in [5, 5.41) is 11.2. The molecule has 3 aromatic rings. The van der Waals surface area contributed by atoms with Gasteiger partial charge in [-0.3, -0.25) is 10.1 Å². The summed E-state index contributed by atoms with van der Waals surface area (Å²) < 4.78 is 12.1. The van der Waals surface area contributed by atoms with Gasteiger partial charge in [0, 0.05) is 12.1 Å². The van der Waals surface area contributed by atoms with Crippen LogP contribution in [-0.2, 0) is 9.53 Å². The van der Waals surface area contributed by atoms with Gasteiger partial charge >= 0.3 is 11.9 Å². The van der Waals surface area contributed by atoms with E-state index in [0.717, 1.165) is 0 Å². The van der Waals surface area contributed by atoms with E-state index in [2.05, 4.69) is 4.99 Å². The number of carbonyl (C=O) groups excluding carboxylic acids is 2. The van der Waals surface area contributed by atoms with Gasteiger partial charge in [0.1, 0.15) is 0 Å². The molecule has 3 aromatic carbocycles. The second-order valence-electron chi connectivity index (χ2n) is 6.83. The number of nitrogens with zero attached hydrogens (tertiary/aromatic N) is 2. The van der Waals surface area contributed by atoms with Gasteiger partial charge in [0.25, 0.3) is 5.69 Å². The van der Waals surface area contributed by atoms with E-state index in [-0.39, 0.29) is 27.9 Å². The minimum atomic E-state index is -0.720. The molecule has 0 aromatic heterocycles. The third kappa shape index (κ3) is 5.28. The Balaban J connectivity index is 1.62. The van der Waals surface area contributed by atoms with E-state index in [0.29, 0.717) is 24.0 Å². The maximum Gasteiger partial charge on any atom is 0.363 e. The Labute approximate surface area is 225 Å². The van der Waals surface area contributed by atoms with E-state index in [1.807, 2.05) is 51.2 Å². The summed E-state index contributed by atoms with van der Waals surface area (Å²) in [6, 6.07) is 15.9. The van der Waals surface area contributed by atoms with Gasteiger partial charge in [0.2, 0.25) is 5.90 Å². The second kappa shape index (κ2) is 10.2. The zero-order chi connectivity index (χ0) is 24.4. The highest BCUT2D eigenvalue weighted by Crippen LogP contribution is 2.32. The Morgan fingerprint density at radius 1 is 1.09 bits per heavy atom. The fourth-order valence-electron chi connectivity index (χ4n) is 2.96. The zero-order valence-corrected chi connectivity index (χ0v) is 21.9. The van der Waals surface area contributed by atoms with Crippen molar-refractivity contribution < 1.29 is 24.0 Å². The van der Waals surface area contributed by atoms with Crippen molar-refractivity contribution in [2.45, 2.75) is 0 Å². The molecule has 1 aliphatic rings. The molecular weight excluding hydrogens is 690 g/mol. The molecule has 34 heavy (non-hydrogen) atoms. The molecule has 0 saturated carbocycles. The summed E-state index contributed by atoms with van der Waals surface area (Å²) in [7, 11) is 0. The van der Waals surface area contributed by atoms with Crippen LogP contribution in [0.15, 0.2) is 71.4 Å². The maximum absolute atomic E-state index is 12.4. The van der Waals surface area contributed by atoms with Gasteiger partial charge < -0.3 is 9.47 Å². The summed E-state index contributed by atoms with van der Waals surface area (Å²) >= 11 is 10.2. The normalized spacial score (nSPS) is 14.0. The molecule has 0 N–H and O–H groups in total. The fraction of sp³-hybridized carbons (Fsp3) is 0. The third-order valence-electron chi connectivity index (χ3n) is 4.54. The average Bonchev–Trinajstić information content (AvgIpc) is 3.16. The van der Waals surface area contributed by atoms with Crippen molar-refractivity contribution in [3.63, 3.8) is 0 Å². The Hall–Kier alpha value is -2.84. The van der Waals surface area contributed by atoms with Crippen LogP contribution >= 0.6 is 56.8 Å². The molecule has 170 valence electrons. The number of halogens is 3. The molecular formula is C23H11ClI2N2O6. The van der Waals surface area contributed by atoms with Gasteiger partial charge in [-0.05, 0) is 87.2 Å². The van der Waals surface area contributed by atoms with E-state index in [9.17, 15) is 19.7 Å². The first-order chi connectivity index (χ1) is 16.2. The van der Waals surface area contributed by atoms with Crippen molar-refractivity contribution in [1.29, 1.82) is 0 Å². The molecule has 0 atom stereocenters. The summed E-state index contributed by atoms with van der Waals surface area (Å²) in [4.78, 5) is 39.4. The molecule has 0 bridgehead atoms. The first-order valence-corrected chi connectivity index (χ1v) is 12.0. The van der Waals surface area contributed by atoms with Gasteiger partial charge in [-0.15, -0.1) is 0 Å². The predicted octanol–water partition coefficient (Wildman–Crippen LogP) is 6.02. The second-order valence-corrected chi connectivity index (χ2v) is 9.56. The lowest BCUT2D eigenvalue weighted by Gasteiger charge is -2.10. The Kier molecular flexibility index (Phi) is 7.28. The summed E-state index contributed by atoms with van der Waals surface area (Å²) in [6.45, 7) is 0. The van der Waals surface area contributed by atoms with Crippen LogP contribution in [0, 0.1) is 17.3 Å². The molecule has 0 radical (unpaired) electrons. The summed E-state index contributed by atoms with van der Waals surface area (Å²) in [5.74, 6) is -0.923. The van der Waals surface area contributed by atoms with E-state index in [1.54, 1.807) is 36.4 Å². The summed E-state index contributed by atoms with van der Waals surface area (Å²) in [6.07, 6.45) is 1.51.